The first-order valence-electron chi connectivity index (χ1n) is 4.72. The lowest BCUT2D eigenvalue weighted by Gasteiger charge is -2.06. The van der Waals surface area contributed by atoms with Gasteiger partial charge in [-0.1, -0.05) is 12.1 Å². The zero-order valence-electron chi connectivity index (χ0n) is 8.08. The molecule has 0 spiro atoms. The largest absolute Gasteiger partial charge is 0.490 e. The fraction of sp³-hybridized carbons (Fsp3) is 0.455. The van der Waals surface area contributed by atoms with Gasteiger partial charge in [0.05, 0.1) is 0 Å². The Balaban J connectivity index is 2.35. The Bertz CT molecular complexity index is 320. The summed E-state index contributed by atoms with van der Waals surface area (Å²) in [5, 5.41) is 0. The van der Waals surface area contributed by atoms with Crippen LogP contribution in [0.2, 0.25) is 0 Å². The Morgan fingerprint density at radius 3 is 3.00 bits per heavy atom. The Kier molecular flexibility index (Phi) is 2.00. The molecule has 1 aromatic rings. The number of nitrogens with two attached hydrogens (primary N) is 1. The molecule has 1 aromatic carbocycles. The van der Waals surface area contributed by atoms with Gasteiger partial charge in [0.25, 0.3) is 0 Å². The molecule has 0 bridgehead atoms. The minimum absolute atomic E-state index is 0.112. The maximum atomic E-state index is 5.80. The summed E-state index contributed by atoms with van der Waals surface area (Å²) in [6, 6.07) is 6.34. The van der Waals surface area contributed by atoms with E-state index in [1.54, 1.807) is 0 Å². The molecule has 0 radical (unpaired) electrons. The molecular formula is C11H15NO. The van der Waals surface area contributed by atoms with Crippen molar-refractivity contribution >= 4 is 0 Å². The summed E-state index contributed by atoms with van der Waals surface area (Å²) in [5.74, 6) is 1.02. The van der Waals surface area contributed by atoms with Crippen molar-refractivity contribution in [2.45, 2.75) is 32.4 Å². The molecule has 70 valence electrons. The standard InChI is InChI=1S/C11H15NO/c1-7-5-10-6-9(8(2)12)3-4-11(10)13-7/h3-4,6-8H,5,12H2,1-2H3/t7?,8-/m1/s1. The quantitative estimate of drug-likeness (QED) is 0.712. The normalized spacial score (nSPS) is 22.2. The van der Waals surface area contributed by atoms with Crippen LogP contribution in [0.15, 0.2) is 18.2 Å². The van der Waals surface area contributed by atoms with Gasteiger partial charge in [-0.05, 0) is 31.0 Å². The van der Waals surface area contributed by atoms with E-state index < -0.39 is 0 Å². The maximum Gasteiger partial charge on any atom is 0.123 e. The molecule has 2 N–H and O–H groups in total. The van der Waals surface area contributed by atoms with Crippen LogP contribution in [0.25, 0.3) is 0 Å². The predicted octanol–water partition coefficient (Wildman–Crippen LogP) is 2.03. The number of benzene rings is 1. The summed E-state index contributed by atoms with van der Waals surface area (Å²) >= 11 is 0. The van der Waals surface area contributed by atoms with Gasteiger partial charge in [0.15, 0.2) is 0 Å². The van der Waals surface area contributed by atoms with Crippen LogP contribution in [0.5, 0.6) is 5.75 Å². The van der Waals surface area contributed by atoms with Crippen LogP contribution in [-0.2, 0) is 6.42 Å². The summed E-state index contributed by atoms with van der Waals surface area (Å²) in [5.41, 5.74) is 8.29. The Morgan fingerprint density at radius 1 is 1.54 bits per heavy atom. The summed E-state index contributed by atoms with van der Waals surface area (Å²) in [4.78, 5) is 0. The third-order valence-corrected chi connectivity index (χ3v) is 2.45. The number of rotatable bonds is 1. The van der Waals surface area contributed by atoms with Gasteiger partial charge < -0.3 is 10.5 Å². The van der Waals surface area contributed by atoms with Gasteiger partial charge >= 0.3 is 0 Å². The third-order valence-electron chi connectivity index (χ3n) is 2.45. The fourth-order valence-electron chi connectivity index (χ4n) is 1.73. The number of ether oxygens (including phenoxy) is 1. The van der Waals surface area contributed by atoms with E-state index in [1.165, 1.54) is 11.1 Å². The van der Waals surface area contributed by atoms with E-state index >= 15 is 0 Å². The molecule has 13 heavy (non-hydrogen) atoms. The van der Waals surface area contributed by atoms with E-state index in [2.05, 4.69) is 13.0 Å². The van der Waals surface area contributed by atoms with Gasteiger partial charge in [0, 0.05) is 12.5 Å². The van der Waals surface area contributed by atoms with Crippen LogP contribution in [0.1, 0.15) is 31.0 Å². The van der Waals surface area contributed by atoms with Crippen LogP contribution in [-0.4, -0.2) is 6.10 Å². The highest BCUT2D eigenvalue weighted by molar-refractivity contribution is 5.41. The van der Waals surface area contributed by atoms with Crippen molar-refractivity contribution in [2.75, 3.05) is 0 Å². The Morgan fingerprint density at radius 2 is 2.31 bits per heavy atom. The first-order chi connectivity index (χ1) is 6.16. The fourth-order valence-corrected chi connectivity index (χ4v) is 1.73. The van der Waals surface area contributed by atoms with Crippen molar-refractivity contribution in [2.24, 2.45) is 5.73 Å². The van der Waals surface area contributed by atoms with E-state index in [0.29, 0.717) is 6.10 Å². The molecule has 1 heterocycles. The number of hydrogen-bond donors (Lipinski definition) is 1. The highest BCUT2D eigenvalue weighted by Crippen LogP contribution is 2.30. The first kappa shape index (κ1) is 8.57. The summed E-state index contributed by atoms with van der Waals surface area (Å²) in [7, 11) is 0. The second kappa shape index (κ2) is 3.04. The molecule has 2 atom stereocenters. The smallest absolute Gasteiger partial charge is 0.123 e. The molecule has 2 heteroatoms. The second-order valence-electron chi connectivity index (χ2n) is 3.79. The average Bonchev–Trinajstić information content (AvgIpc) is 2.42. The van der Waals surface area contributed by atoms with Crippen LogP contribution < -0.4 is 10.5 Å². The molecule has 0 aliphatic carbocycles. The first-order valence-corrected chi connectivity index (χ1v) is 4.72. The Hall–Kier alpha value is -1.02. The number of hydrogen-bond acceptors (Lipinski definition) is 2. The molecule has 0 saturated carbocycles. The highest BCUT2D eigenvalue weighted by atomic mass is 16.5. The van der Waals surface area contributed by atoms with Crippen LogP contribution in [0, 0.1) is 0 Å². The van der Waals surface area contributed by atoms with Gasteiger partial charge in [-0.25, -0.2) is 0 Å². The second-order valence-corrected chi connectivity index (χ2v) is 3.79. The zero-order valence-corrected chi connectivity index (χ0v) is 8.08. The summed E-state index contributed by atoms with van der Waals surface area (Å²) in [6.07, 6.45) is 1.33. The van der Waals surface area contributed by atoms with Gasteiger partial charge in [0.1, 0.15) is 11.9 Å². The number of fused-ring (bicyclic) bond motifs is 1. The van der Waals surface area contributed by atoms with Crippen LogP contribution >= 0.6 is 0 Å². The van der Waals surface area contributed by atoms with E-state index in [-0.39, 0.29) is 6.04 Å². The molecule has 1 unspecified atom stereocenters. The maximum absolute atomic E-state index is 5.80. The van der Waals surface area contributed by atoms with Crippen molar-refractivity contribution in [1.29, 1.82) is 0 Å². The molecule has 1 aliphatic rings. The van der Waals surface area contributed by atoms with E-state index in [4.69, 9.17) is 10.5 Å². The molecule has 0 amide bonds. The lowest BCUT2D eigenvalue weighted by atomic mass is 10.0. The predicted molar refractivity (Wildman–Crippen MR) is 52.8 cm³/mol. The van der Waals surface area contributed by atoms with Gasteiger partial charge in [-0.3, -0.25) is 0 Å². The van der Waals surface area contributed by atoms with E-state index in [0.717, 1.165) is 12.2 Å². The van der Waals surface area contributed by atoms with Crippen LogP contribution in [0.3, 0.4) is 0 Å². The molecule has 2 rings (SSSR count). The van der Waals surface area contributed by atoms with Crippen LogP contribution in [0.4, 0.5) is 0 Å². The lowest BCUT2D eigenvalue weighted by Crippen LogP contribution is -2.05. The van der Waals surface area contributed by atoms with Crippen molar-refractivity contribution in [1.82, 2.24) is 0 Å². The minimum atomic E-state index is 0.112. The summed E-state index contributed by atoms with van der Waals surface area (Å²) in [6.45, 7) is 4.09. The van der Waals surface area contributed by atoms with Gasteiger partial charge in [-0.2, -0.15) is 0 Å². The minimum Gasteiger partial charge on any atom is -0.490 e. The van der Waals surface area contributed by atoms with Gasteiger partial charge in [0.2, 0.25) is 0 Å². The highest BCUT2D eigenvalue weighted by Gasteiger charge is 2.19. The molecule has 0 saturated heterocycles. The zero-order chi connectivity index (χ0) is 9.42. The van der Waals surface area contributed by atoms with Crippen molar-refractivity contribution in [3.63, 3.8) is 0 Å². The monoisotopic (exact) mass is 177 g/mol. The Labute approximate surface area is 78.7 Å². The van der Waals surface area contributed by atoms with Crippen molar-refractivity contribution in [3.8, 4) is 5.75 Å². The average molecular weight is 177 g/mol. The van der Waals surface area contributed by atoms with Crippen molar-refractivity contribution < 1.29 is 4.74 Å². The van der Waals surface area contributed by atoms with E-state index in [1.807, 2.05) is 19.1 Å². The van der Waals surface area contributed by atoms with Crippen molar-refractivity contribution in [3.05, 3.63) is 29.3 Å². The van der Waals surface area contributed by atoms with E-state index in [9.17, 15) is 0 Å². The molecule has 0 fully saturated rings. The molecule has 1 aliphatic heterocycles. The molecule has 0 aromatic heterocycles. The lowest BCUT2D eigenvalue weighted by molar-refractivity contribution is 0.254. The molecule has 2 nitrogen and oxygen atoms in total. The topological polar surface area (TPSA) is 35.2 Å². The SMILES string of the molecule is CC1Cc2cc([C@@H](C)N)ccc2O1. The molecular weight excluding hydrogens is 162 g/mol. The third kappa shape index (κ3) is 1.54. The van der Waals surface area contributed by atoms with Gasteiger partial charge in [-0.15, -0.1) is 0 Å². The summed E-state index contributed by atoms with van der Waals surface area (Å²) < 4.78 is 5.60.